The van der Waals surface area contributed by atoms with Crippen molar-refractivity contribution < 1.29 is 14.3 Å². The fourth-order valence-corrected chi connectivity index (χ4v) is 2.76. The SMILES string of the molecule is O=C1C[C@H](C(=O)NC[C@@H]2CCOC2)c2ccccc2N1. The number of para-hydroxylation sites is 1. The zero-order chi connectivity index (χ0) is 13.9. The number of hydrogen-bond acceptors (Lipinski definition) is 3. The second-order valence-electron chi connectivity index (χ2n) is 5.37. The zero-order valence-electron chi connectivity index (χ0n) is 11.2. The summed E-state index contributed by atoms with van der Waals surface area (Å²) < 4.78 is 5.29. The molecule has 0 saturated carbocycles. The molecule has 1 aromatic rings. The summed E-state index contributed by atoms with van der Waals surface area (Å²) in [5.41, 5.74) is 1.64. The number of carbonyl (C=O) groups excluding carboxylic acids is 2. The molecule has 0 spiro atoms. The Hall–Kier alpha value is -1.88. The fraction of sp³-hybridized carbons (Fsp3) is 0.467. The summed E-state index contributed by atoms with van der Waals surface area (Å²) in [5, 5.41) is 5.76. The largest absolute Gasteiger partial charge is 0.381 e. The minimum Gasteiger partial charge on any atom is -0.381 e. The minimum absolute atomic E-state index is 0.0702. The van der Waals surface area contributed by atoms with E-state index in [1.165, 1.54) is 0 Å². The van der Waals surface area contributed by atoms with Crippen molar-refractivity contribution in [2.45, 2.75) is 18.8 Å². The standard InChI is InChI=1S/C15H18N2O3/c18-14-7-12(11-3-1-2-4-13(11)17-14)15(19)16-8-10-5-6-20-9-10/h1-4,10,12H,5-9H2,(H,16,19)(H,17,18)/t10-,12-/m0/s1. The topological polar surface area (TPSA) is 67.4 Å². The number of carbonyl (C=O) groups is 2. The molecule has 5 heteroatoms. The van der Waals surface area contributed by atoms with Crippen LogP contribution in [0.25, 0.3) is 0 Å². The van der Waals surface area contributed by atoms with Crippen molar-refractivity contribution in [1.82, 2.24) is 5.32 Å². The average molecular weight is 274 g/mol. The summed E-state index contributed by atoms with van der Waals surface area (Å²) in [7, 11) is 0. The van der Waals surface area contributed by atoms with E-state index in [1.807, 2.05) is 24.3 Å². The maximum Gasteiger partial charge on any atom is 0.228 e. The highest BCUT2D eigenvalue weighted by Crippen LogP contribution is 2.32. The van der Waals surface area contributed by atoms with Crippen LogP contribution in [0.2, 0.25) is 0 Å². The van der Waals surface area contributed by atoms with Gasteiger partial charge in [0.1, 0.15) is 0 Å². The van der Waals surface area contributed by atoms with Gasteiger partial charge < -0.3 is 15.4 Å². The van der Waals surface area contributed by atoms with E-state index in [9.17, 15) is 9.59 Å². The number of rotatable bonds is 3. The molecule has 2 amide bonds. The summed E-state index contributed by atoms with van der Waals surface area (Å²) in [5.74, 6) is -0.166. The molecule has 20 heavy (non-hydrogen) atoms. The number of fused-ring (bicyclic) bond motifs is 1. The van der Waals surface area contributed by atoms with Gasteiger partial charge in [-0.3, -0.25) is 9.59 Å². The van der Waals surface area contributed by atoms with Crippen LogP contribution in [0.5, 0.6) is 0 Å². The lowest BCUT2D eigenvalue weighted by atomic mass is 9.89. The van der Waals surface area contributed by atoms with Crippen LogP contribution in [0.3, 0.4) is 0 Å². The Morgan fingerprint density at radius 2 is 2.25 bits per heavy atom. The summed E-state index contributed by atoms with van der Waals surface area (Å²) in [6.07, 6.45) is 1.20. The van der Waals surface area contributed by atoms with Crippen LogP contribution in [0.1, 0.15) is 24.3 Å². The lowest BCUT2D eigenvalue weighted by Gasteiger charge is -2.25. The van der Waals surface area contributed by atoms with Gasteiger partial charge in [0.05, 0.1) is 12.5 Å². The second-order valence-corrected chi connectivity index (χ2v) is 5.37. The lowest BCUT2D eigenvalue weighted by molar-refractivity contribution is -0.126. The van der Waals surface area contributed by atoms with Gasteiger partial charge in [0.15, 0.2) is 0 Å². The Morgan fingerprint density at radius 3 is 3.05 bits per heavy atom. The number of nitrogens with one attached hydrogen (secondary N) is 2. The molecule has 2 aliphatic rings. The van der Waals surface area contributed by atoms with Crippen molar-refractivity contribution in [3.63, 3.8) is 0 Å². The van der Waals surface area contributed by atoms with Gasteiger partial charge in [-0.05, 0) is 18.1 Å². The number of benzene rings is 1. The number of ether oxygens (including phenoxy) is 1. The van der Waals surface area contributed by atoms with Gasteiger partial charge in [-0.15, -0.1) is 0 Å². The molecule has 0 aromatic heterocycles. The van der Waals surface area contributed by atoms with E-state index in [-0.39, 0.29) is 24.2 Å². The first-order valence-corrected chi connectivity index (χ1v) is 6.98. The van der Waals surface area contributed by atoms with Crippen molar-refractivity contribution in [3.05, 3.63) is 29.8 Å². The van der Waals surface area contributed by atoms with Crippen molar-refractivity contribution in [2.75, 3.05) is 25.1 Å². The summed E-state index contributed by atoms with van der Waals surface area (Å²) in [6.45, 7) is 2.11. The molecule has 0 radical (unpaired) electrons. The van der Waals surface area contributed by atoms with Crippen LogP contribution in [0.4, 0.5) is 5.69 Å². The Balaban J connectivity index is 1.69. The molecule has 2 aliphatic heterocycles. The zero-order valence-corrected chi connectivity index (χ0v) is 11.2. The highest BCUT2D eigenvalue weighted by molar-refractivity contribution is 6.01. The maximum absolute atomic E-state index is 12.3. The molecule has 0 aliphatic carbocycles. The van der Waals surface area contributed by atoms with E-state index >= 15 is 0 Å². The molecule has 3 rings (SSSR count). The number of hydrogen-bond donors (Lipinski definition) is 2. The minimum atomic E-state index is -0.387. The van der Waals surface area contributed by atoms with Gasteiger partial charge in [-0.1, -0.05) is 18.2 Å². The van der Waals surface area contributed by atoms with E-state index < -0.39 is 0 Å². The molecule has 0 bridgehead atoms. The monoisotopic (exact) mass is 274 g/mol. The third-order valence-electron chi connectivity index (χ3n) is 3.91. The van der Waals surface area contributed by atoms with Crippen LogP contribution in [-0.2, 0) is 14.3 Å². The van der Waals surface area contributed by atoms with Gasteiger partial charge >= 0.3 is 0 Å². The first kappa shape index (κ1) is 13.1. The van der Waals surface area contributed by atoms with Gasteiger partial charge in [-0.25, -0.2) is 0 Å². The summed E-state index contributed by atoms with van der Waals surface area (Å²) in [4.78, 5) is 24.0. The quantitative estimate of drug-likeness (QED) is 0.872. The summed E-state index contributed by atoms with van der Waals surface area (Å²) in [6, 6.07) is 7.48. The van der Waals surface area contributed by atoms with Gasteiger partial charge in [0, 0.05) is 31.2 Å². The predicted octanol–water partition coefficient (Wildman–Crippen LogP) is 1.27. The highest BCUT2D eigenvalue weighted by atomic mass is 16.5. The molecule has 1 aromatic carbocycles. The van der Waals surface area contributed by atoms with E-state index in [1.54, 1.807) is 0 Å². The molecular weight excluding hydrogens is 256 g/mol. The van der Waals surface area contributed by atoms with Crippen LogP contribution < -0.4 is 10.6 Å². The molecule has 2 N–H and O–H groups in total. The Bertz CT molecular complexity index is 524. The maximum atomic E-state index is 12.3. The van der Waals surface area contributed by atoms with Crippen LogP contribution in [0, 0.1) is 5.92 Å². The van der Waals surface area contributed by atoms with Crippen molar-refractivity contribution in [2.24, 2.45) is 5.92 Å². The van der Waals surface area contributed by atoms with Gasteiger partial charge in [0.2, 0.25) is 11.8 Å². The van der Waals surface area contributed by atoms with Crippen LogP contribution in [0.15, 0.2) is 24.3 Å². The molecule has 2 heterocycles. The molecular formula is C15H18N2O3. The second kappa shape index (κ2) is 5.63. The molecule has 1 saturated heterocycles. The van der Waals surface area contributed by atoms with E-state index in [2.05, 4.69) is 10.6 Å². The fourth-order valence-electron chi connectivity index (χ4n) is 2.76. The van der Waals surface area contributed by atoms with Crippen molar-refractivity contribution in [3.8, 4) is 0 Å². The third kappa shape index (κ3) is 2.67. The normalized spacial score (nSPS) is 24.9. The van der Waals surface area contributed by atoms with E-state index in [4.69, 9.17) is 4.74 Å². The van der Waals surface area contributed by atoms with Gasteiger partial charge in [0.25, 0.3) is 0 Å². The first-order chi connectivity index (χ1) is 9.74. The lowest BCUT2D eigenvalue weighted by Crippen LogP contribution is -2.37. The van der Waals surface area contributed by atoms with E-state index in [0.717, 1.165) is 24.3 Å². The smallest absolute Gasteiger partial charge is 0.228 e. The molecule has 2 atom stereocenters. The van der Waals surface area contributed by atoms with Crippen molar-refractivity contribution in [1.29, 1.82) is 0 Å². The first-order valence-electron chi connectivity index (χ1n) is 6.98. The molecule has 106 valence electrons. The van der Waals surface area contributed by atoms with Crippen LogP contribution >= 0.6 is 0 Å². The summed E-state index contributed by atoms with van der Waals surface area (Å²) >= 11 is 0. The third-order valence-corrected chi connectivity index (χ3v) is 3.91. The van der Waals surface area contributed by atoms with Crippen molar-refractivity contribution >= 4 is 17.5 Å². The van der Waals surface area contributed by atoms with Crippen LogP contribution in [-0.4, -0.2) is 31.6 Å². The Morgan fingerprint density at radius 1 is 1.40 bits per heavy atom. The Labute approximate surface area is 117 Å². The molecule has 5 nitrogen and oxygen atoms in total. The van der Waals surface area contributed by atoms with Gasteiger partial charge in [-0.2, -0.15) is 0 Å². The number of amides is 2. The van der Waals surface area contributed by atoms with E-state index in [0.29, 0.717) is 19.1 Å². The molecule has 1 fully saturated rings. The number of anilines is 1. The Kier molecular flexibility index (Phi) is 3.69. The molecule has 0 unspecified atom stereocenters. The highest BCUT2D eigenvalue weighted by Gasteiger charge is 2.30. The average Bonchev–Trinajstić information content (AvgIpc) is 2.97. The predicted molar refractivity (Wildman–Crippen MR) is 74.4 cm³/mol.